The van der Waals surface area contributed by atoms with Crippen LogP contribution in [0.15, 0.2) is 24.2 Å². The number of amides is 3. The van der Waals surface area contributed by atoms with Crippen molar-refractivity contribution in [1.29, 1.82) is 0 Å². The molecule has 1 aromatic rings. The minimum absolute atomic E-state index is 0.309. The summed E-state index contributed by atoms with van der Waals surface area (Å²) in [5, 5.41) is 4.67. The summed E-state index contributed by atoms with van der Waals surface area (Å²) >= 11 is 0. The summed E-state index contributed by atoms with van der Waals surface area (Å²) in [5.41, 5.74) is 1.25. The van der Waals surface area contributed by atoms with Gasteiger partial charge in [0.1, 0.15) is 5.70 Å². The summed E-state index contributed by atoms with van der Waals surface area (Å²) in [6.07, 6.45) is 10.8. The maximum atomic E-state index is 11.4. The summed E-state index contributed by atoms with van der Waals surface area (Å²) in [4.78, 5) is 22.4. The third-order valence-corrected chi connectivity index (χ3v) is 3.51. The van der Waals surface area contributed by atoms with Gasteiger partial charge in [-0.2, -0.15) is 0 Å². The van der Waals surface area contributed by atoms with Crippen molar-refractivity contribution in [2.24, 2.45) is 0 Å². The topological polar surface area (TPSA) is 63.1 Å². The van der Waals surface area contributed by atoms with Gasteiger partial charge in [0.05, 0.1) is 0 Å². The van der Waals surface area contributed by atoms with E-state index in [2.05, 4.69) is 15.2 Å². The molecule has 2 aliphatic rings. The van der Waals surface area contributed by atoms with Crippen LogP contribution in [0.3, 0.4) is 0 Å². The predicted octanol–water partition coefficient (Wildman–Crippen LogP) is 1.78. The molecule has 94 valence electrons. The number of carbonyl (C=O) groups excluding carboxylic acids is 2. The molecule has 5 nitrogen and oxygen atoms in total. The van der Waals surface area contributed by atoms with E-state index in [1.54, 1.807) is 6.08 Å². The lowest BCUT2D eigenvalue weighted by Crippen LogP contribution is -2.22. The second-order valence-corrected chi connectivity index (χ2v) is 4.80. The minimum atomic E-state index is -0.457. The van der Waals surface area contributed by atoms with Gasteiger partial charge in [0.25, 0.3) is 5.91 Å². The maximum Gasteiger partial charge on any atom is 0.326 e. The van der Waals surface area contributed by atoms with E-state index in [1.165, 1.54) is 25.7 Å². The Labute approximate surface area is 105 Å². The molecule has 3 rings (SSSR count). The monoisotopic (exact) mass is 245 g/mol. The Morgan fingerprint density at radius 2 is 2.00 bits per heavy atom. The molecule has 0 spiro atoms. The Balaban J connectivity index is 1.79. The van der Waals surface area contributed by atoms with Gasteiger partial charge >= 0.3 is 6.03 Å². The van der Waals surface area contributed by atoms with E-state index < -0.39 is 6.03 Å². The van der Waals surface area contributed by atoms with Gasteiger partial charge in [-0.25, -0.2) is 4.79 Å². The molecule has 5 heteroatoms. The van der Waals surface area contributed by atoms with E-state index in [1.807, 2.05) is 18.5 Å². The van der Waals surface area contributed by atoms with Crippen molar-refractivity contribution in [3.8, 4) is 0 Å². The summed E-state index contributed by atoms with van der Waals surface area (Å²) in [6, 6.07) is 2.09. The maximum absolute atomic E-state index is 11.4. The molecule has 2 N–H and O–H groups in total. The quantitative estimate of drug-likeness (QED) is 0.616. The molecule has 1 saturated carbocycles. The smallest absolute Gasteiger partial charge is 0.326 e. The molecule has 2 fully saturated rings. The SMILES string of the molecule is O=C1NC(=O)/C(=C/c2ccn(C3CCCC3)c2)N1. The molecule has 0 unspecified atom stereocenters. The normalized spacial score (nSPS) is 22.6. The fourth-order valence-electron chi connectivity index (χ4n) is 2.59. The van der Waals surface area contributed by atoms with E-state index in [0.29, 0.717) is 11.7 Å². The second kappa shape index (κ2) is 4.33. The van der Waals surface area contributed by atoms with Crippen LogP contribution in [-0.4, -0.2) is 16.5 Å². The van der Waals surface area contributed by atoms with Crippen molar-refractivity contribution >= 4 is 18.0 Å². The van der Waals surface area contributed by atoms with E-state index in [0.717, 1.165) is 5.56 Å². The van der Waals surface area contributed by atoms with Crippen LogP contribution < -0.4 is 10.6 Å². The molecule has 3 amide bonds. The van der Waals surface area contributed by atoms with Gasteiger partial charge in [0.2, 0.25) is 0 Å². The van der Waals surface area contributed by atoms with Gasteiger partial charge in [-0.05, 0) is 30.5 Å². The number of nitrogens with one attached hydrogen (secondary N) is 2. The second-order valence-electron chi connectivity index (χ2n) is 4.80. The highest BCUT2D eigenvalue weighted by atomic mass is 16.2. The van der Waals surface area contributed by atoms with Crippen molar-refractivity contribution in [3.63, 3.8) is 0 Å². The summed E-state index contributed by atoms with van der Waals surface area (Å²) in [6.45, 7) is 0. The van der Waals surface area contributed by atoms with Crippen molar-refractivity contribution in [2.75, 3.05) is 0 Å². The molecular formula is C13H15N3O2. The number of hydrogen-bond acceptors (Lipinski definition) is 2. The van der Waals surface area contributed by atoms with E-state index >= 15 is 0 Å². The Kier molecular flexibility index (Phi) is 2.66. The Bertz CT molecular complexity index is 524. The predicted molar refractivity (Wildman–Crippen MR) is 66.6 cm³/mol. The number of rotatable bonds is 2. The number of aromatic nitrogens is 1. The van der Waals surface area contributed by atoms with Crippen molar-refractivity contribution in [3.05, 3.63) is 29.7 Å². The van der Waals surface area contributed by atoms with E-state index in [4.69, 9.17) is 0 Å². The van der Waals surface area contributed by atoms with Crippen LogP contribution >= 0.6 is 0 Å². The van der Waals surface area contributed by atoms with Gasteiger partial charge < -0.3 is 9.88 Å². The molecule has 18 heavy (non-hydrogen) atoms. The summed E-state index contributed by atoms with van der Waals surface area (Å²) in [7, 11) is 0. The van der Waals surface area contributed by atoms with Crippen LogP contribution in [0.4, 0.5) is 4.79 Å². The number of nitrogens with zero attached hydrogens (tertiary/aromatic N) is 1. The molecular weight excluding hydrogens is 230 g/mol. The number of carbonyl (C=O) groups is 2. The zero-order chi connectivity index (χ0) is 12.5. The highest BCUT2D eigenvalue weighted by Crippen LogP contribution is 2.29. The van der Waals surface area contributed by atoms with Crippen LogP contribution in [0.5, 0.6) is 0 Å². The molecule has 0 aromatic carbocycles. The molecule has 1 aliphatic heterocycles. The largest absolute Gasteiger partial charge is 0.351 e. The molecule has 1 aliphatic carbocycles. The van der Waals surface area contributed by atoms with Crippen LogP contribution in [0, 0.1) is 0 Å². The Morgan fingerprint density at radius 1 is 1.22 bits per heavy atom. The van der Waals surface area contributed by atoms with E-state index in [-0.39, 0.29) is 5.91 Å². The van der Waals surface area contributed by atoms with Crippen LogP contribution in [-0.2, 0) is 4.79 Å². The number of hydrogen-bond donors (Lipinski definition) is 2. The lowest BCUT2D eigenvalue weighted by Gasteiger charge is -2.10. The zero-order valence-electron chi connectivity index (χ0n) is 9.98. The third-order valence-electron chi connectivity index (χ3n) is 3.51. The fourth-order valence-corrected chi connectivity index (χ4v) is 2.59. The van der Waals surface area contributed by atoms with Gasteiger partial charge in [-0.1, -0.05) is 12.8 Å². The first-order chi connectivity index (χ1) is 8.72. The molecule has 2 heterocycles. The molecule has 1 saturated heterocycles. The molecule has 1 aromatic heterocycles. The summed E-state index contributed by atoms with van der Waals surface area (Å²) in [5.74, 6) is -0.367. The van der Waals surface area contributed by atoms with Gasteiger partial charge in [-0.15, -0.1) is 0 Å². The first kappa shape index (κ1) is 11.1. The fraction of sp³-hybridized carbons (Fsp3) is 0.385. The van der Waals surface area contributed by atoms with Crippen molar-refractivity contribution in [2.45, 2.75) is 31.7 Å². The van der Waals surface area contributed by atoms with Crippen LogP contribution in [0.25, 0.3) is 6.08 Å². The average molecular weight is 245 g/mol. The zero-order valence-corrected chi connectivity index (χ0v) is 9.98. The Morgan fingerprint density at radius 3 is 2.67 bits per heavy atom. The molecule has 0 atom stereocenters. The van der Waals surface area contributed by atoms with Crippen LogP contribution in [0.2, 0.25) is 0 Å². The lowest BCUT2D eigenvalue weighted by atomic mass is 10.2. The molecule has 0 radical (unpaired) electrons. The summed E-state index contributed by atoms with van der Waals surface area (Å²) < 4.78 is 2.20. The van der Waals surface area contributed by atoms with Gasteiger partial charge in [0, 0.05) is 18.4 Å². The molecule has 0 bridgehead atoms. The first-order valence-corrected chi connectivity index (χ1v) is 6.24. The highest BCUT2D eigenvalue weighted by Gasteiger charge is 2.23. The van der Waals surface area contributed by atoms with E-state index in [9.17, 15) is 9.59 Å². The minimum Gasteiger partial charge on any atom is -0.351 e. The number of urea groups is 1. The highest BCUT2D eigenvalue weighted by molar-refractivity contribution is 6.13. The van der Waals surface area contributed by atoms with Crippen LogP contribution in [0.1, 0.15) is 37.3 Å². The first-order valence-electron chi connectivity index (χ1n) is 6.24. The lowest BCUT2D eigenvalue weighted by molar-refractivity contribution is -0.115. The standard InChI is InChI=1S/C13H15N3O2/c17-12-11(14-13(18)15-12)7-9-5-6-16(8-9)10-3-1-2-4-10/h5-8,10H,1-4H2,(H2,14,15,17,18)/b11-7-. The Hall–Kier alpha value is -2.04. The number of imide groups is 1. The third kappa shape index (κ3) is 2.03. The van der Waals surface area contributed by atoms with Crippen molar-refractivity contribution < 1.29 is 9.59 Å². The van der Waals surface area contributed by atoms with Gasteiger partial charge in [-0.3, -0.25) is 10.1 Å². The average Bonchev–Trinajstić information content (AvgIpc) is 3.02. The van der Waals surface area contributed by atoms with Crippen molar-refractivity contribution in [1.82, 2.24) is 15.2 Å². The van der Waals surface area contributed by atoms with Gasteiger partial charge in [0.15, 0.2) is 0 Å².